The SMILES string of the molecule is Cc1ccccc1CCC(=O)N1CCO[C@H](C(=O)O)C1. The zero-order chi connectivity index (χ0) is 14.5. The van der Waals surface area contributed by atoms with Crippen molar-refractivity contribution in [2.75, 3.05) is 19.7 Å². The largest absolute Gasteiger partial charge is 0.479 e. The molecular formula is C15H19NO4. The van der Waals surface area contributed by atoms with Gasteiger partial charge in [0, 0.05) is 13.0 Å². The summed E-state index contributed by atoms with van der Waals surface area (Å²) < 4.78 is 5.11. The molecule has 0 unspecified atom stereocenters. The first kappa shape index (κ1) is 14.5. The number of nitrogens with zero attached hydrogens (tertiary/aromatic N) is 1. The third kappa shape index (κ3) is 3.57. The van der Waals surface area contributed by atoms with Gasteiger partial charge in [-0.3, -0.25) is 4.79 Å². The first-order valence-corrected chi connectivity index (χ1v) is 6.74. The quantitative estimate of drug-likeness (QED) is 0.899. The number of aryl methyl sites for hydroxylation is 2. The van der Waals surface area contributed by atoms with Crippen LogP contribution >= 0.6 is 0 Å². The molecule has 1 fully saturated rings. The van der Waals surface area contributed by atoms with Crippen LogP contribution in [0.3, 0.4) is 0 Å². The molecule has 1 aliphatic heterocycles. The number of hydrogen-bond acceptors (Lipinski definition) is 3. The van der Waals surface area contributed by atoms with Gasteiger partial charge in [0.2, 0.25) is 5.91 Å². The van der Waals surface area contributed by atoms with E-state index in [0.717, 1.165) is 5.56 Å². The van der Waals surface area contributed by atoms with E-state index in [1.807, 2.05) is 31.2 Å². The van der Waals surface area contributed by atoms with Crippen molar-refractivity contribution in [3.63, 3.8) is 0 Å². The van der Waals surface area contributed by atoms with E-state index in [0.29, 0.717) is 19.4 Å². The molecule has 20 heavy (non-hydrogen) atoms. The van der Waals surface area contributed by atoms with Gasteiger partial charge in [-0.1, -0.05) is 24.3 Å². The molecule has 0 bridgehead atoms. The van der Waals surface area contributed by atoms with Crippen LogP contribution in [0.15, 0.2) is 24.3 Å². The van der Waals surface area contributed by atoms with Crippen LogP contribution in [0.5, 0.6) is 0 Å². The number of ether oxygens (including phenoxy) is 1. The molecular weight excluding hydrogens is 258 g/mol. The molecule has 1 N–H and O–H groups in total. The molecule has 0 aliphatic carbocycles. The van der Waals surface area contributed by atoms with E-state index in [9.17, 15) is 9.59 Å². The van der Waals surface area contributed by atoms with E-state index < -0.39 is 12.1 Å². The minimum absolute atomic E-state index is 0.0113. The number of carboxylic acid groups (broad SMARTS) is 1. The molecule has 1 atom stereocenters. The fourth-order valence-electron chi connectivity index (χ4n) is 2.32. The van der Waals surface area contributed by atoms with E-state index in [-0.39, 0.29) is 19.1 Å². The minimum Gasteiger partial charge on any atom is -0.479 e. The highest BCUT2D eigenvalue weighted by Gasteiger charge is 2.28. The fraction of sp³-hybridized carbons (Fsp3) is 0.467. The lowest BCUT2D eigenvalue weighted by Crippen LogP contribution is -2.48. The molecule has 2 rings (SSSR count). The molecule has 0 radical (unpaired) electrons. The van der Waals surface area contributed by atoms with Crippen LogP contribution in [0.4, 0.5) is 0 Å². The highest BCUT2D eigenvalue weighted by atomic mass is 16.5. The Bertz CT molecular complexity index is 500. The molecule has 0 aromatic heterocycles. The van der Waals surface area contributed by atoms with E-state index >= 15 is 0 Å². The number of carboxylic acids is 1. The van der Waals surface area contributed by atoms with Crippen molar-refractivity contribution >= 4 is 11.9 Å². The first-order valence-electron chi connectivity index (χ1n) is 6.74. The van der Waals surface area contributed by atoms with Crippen LogP contribution in [-0.2, 0) is 20.7 Å². The van der Waals surface area contributed by atoms with Gasteiger partial charge in [-0.2, -0.15) is 0 Å². The summed E-state index contributed by atoms with van der Waals surface area (Å²) in [6, 6.07) is 7.97. The Hall–Kier alpha value is -1.88. The zero-order valence-corrected chi connectivity index (χ0v) is 11.5. The molecule has 1 aliphatic rings. The van der Waals surface area contributed by atoms with E-state index in [1.165, 1.54) is 5.56 Å². The summed E-state index contributed by atoms with van der Waals surface area (Å²) in [5, 5.41) is 8.92. The van der Waals surface area contributed by atoms with Gasteiger partial charge in [0.15, 0.2) is 6.10 Å². The maximum Gasteiger partial charge on any atom is 0.334 e. The molecule has 108 valence electrons. The highest BCUT2D eigenvalue weighted by Crippen LogP contribution is 2.12. The third-order valence-electron chi connectivity index (χ3n) is 3.56. The summed E-state index contributed by atoms with van der Waals surface area (Å²) in [5.41, 5.74) is 2.33. The summed E-state index contributed by atoms with van der Waals surface area (Å²) in [7, 11) is 0. The summed E-state index contributed by atoms with van der Waals surface area (Å²) >= 11 is 0. The van der Waals surface area contributed by atoms with Gasteiger partial charge >= 0.3 is 5.97 Å². The van der Waals surface area contributed by atoms with Crippen LogP contribution in [0.2, 0.25) is 0 Å². The summed E-state index contributed by atoms with van der Waals surface area (Å²) in [6.07, 6.45) is 0.184. The van der Waals surface area contributed by atoms with Gasteiger partial charge in [-0.25, -0.2) is 4.79 Å². The van der Waals surface area contributed by atoms with Crippen LogP contribution < -0.4 is 0 Å². The Morgan fingerprint density at radius 2 is 2.15 bits per heavy atom. The normalized spacial score (nSPS) is 18.9. The van der Waals surface area contributed by atoms with Gasteiger partial charge in [-0.05, 0) is 24.5 Å². The Morgan fingerprint density at radius 1 is 1.40 bits per heavy atom. The molecule has 0 spiro atoms. The minimum atomic E-state index is -1.01. The average Bonchev–Trinajstić information content (AvgIpc) is 2.46. The van der Waals surface area contributed by atoms with Crippen molar-refractivity contribution in [2.24, 2.45) is 0 Å². The Balaban J connectivity index is 1.89. The second kappa shape index (κ2) is 6.52. The Kier molecular flexibility index (Phi) is 4.74. The van der Waals surface area contributed by atoms with Gasteiger partial charge in [0.1, 0.15) is 0 Å². The van der Waals surface area contributed by atoms with Crippen LogP contribution in [-0.4, -0.2) is 47.7 Å². The topological polar surface area (TPSA) is 66.8 Å². The number of aliphatic carboxylic acids is 1. The van der Waals surface area contributed by atoms with Gasteiger partial charge in [0.05, 0.1) is 13.2 Å². The lowest BCUT2D eigenvalue weighted by molar-refractivity contribution is -0.159. The van der Waals surface area contributed by atoms with Crippen molar-refractivity contribution in [1.29, 1.82) is 0 Å². The first-order chi connectivity index (χ1) is 9.58. The number of carbonyl (C=O) groups excluding carboxylic acids is 1. The van der Waals surface area contributed by atoms with Gasteiger partial charge < -0.3 is 14.7 Å². The molecule has 1 aromatic rings. The molecule has 0 saturated carbocycles. The van der Waals surface area contributed by atoms with Crippen molar-refractivity contribution in [3.8, 4) is 0 Å². The van der Waals surface area contributed by atoms with Crippen molar-refractivity contribution in [3.05, 3.63) is 35.4 Å². The number of morpholine rings is 1. The van der Waals surface area contributed by atoms with E-state index in [2.05, 4.69) is 0 Å². The Labute approximate surface area is 118 Å². The van der Waals surface area contributed by atoms with Gasteiger partial charge in [-0.15, -0.1) is 0 Å². The summed E-state index contributed by atoms with van der Waals surface area (Å²) in [4.78, 5) is 24.6. The van der Waals surface area contributed by atoms with Crippen molar-refractivity contribution in [1.82, 2.24) is 4.90 Å². The maximum atomic E-state index is 12.1. The highest BCUT2D eigenvalue weighted by molar-refractivity contribution is 5.78. The van der Waals surface area contributed by atoms with Gasteiger partial charge in [0.25, 0.3) is 0 Å². The predicted molar refractivity (Wildman–Crippen MR) is 73.5 cm³/mol. The number of amides is 1. The lowest BCUT2D eigenvalue weighted by Gasteiger charge is -2.31. The Morgan fingerprint density at radius 3 is 2.85 bits per heavy atom. The molecule has 5 nitrogen and oxygen atoms in total. The average molecular weight is 277 g/mol. The van der Waals surface area contributed by atoms with Crippen LogP contribution in [0.1, 0.15) is 17.5 Å². The lowest BCUT2D eigenvalue weighted by atomic mass is 10.0. The number of rotatable bonds is 4. The fourth-order valence-corrected chi connectivity index (χ4v) is 2.32. The summed E-state index contributed by atoms with van der Waals surface area (Å²) in [6.45, 7) is 2.92. The monoisotopic (exact) mass is 277 g/mol. The molecule has 1 saturated heterocycles. The molecule has 1 heterocycles. The maximum absolute atomic E-state index is 12.1. The second-order valence-electron chi connectivity index (χ2n) is 4.96. The number of carbonyl (C=O) groups is 2. The molecule has 1 amide bonds. The predicted octanol–water partition coefficient (Wildman–Crippen LogP) is 1.24. The van der Waals surface area contributed by atoms with Crippen LogP contribution in [0, 0.1) is 6.92 Å². The summed E-state index contributed by atoms with van der Waals surface area (Å²) in [5.74, 6) is -1.02. The smallest absolute Gasteiger partial charge is 0.334 e. The van der Waals surface area contributed by atoms with Crippen molar-refractivity contribution in [2.45, 2.75) is 25.9 Å². The zero-order valence-electron chi connectivity index (χ0n) is 11.5. The number of hydrogen-bond donors (Lipinski definition) is 1. The third-order valence-corrected chi connectivity index (χ3v) is 3.56. The van der Waals surface area contributed by atoms with E-state index in [1.54, 1.807) is 4.90 Å². The van der Waals surface area contributed by atoms with Crippen LogP contribution in [0.25, 0.3) is 0 Å². The molecule has 1 aromatic carbocycles. The standard InChI is InChI=1S/C15H19NO4/c1-11-4-2-3-5-12(11)6-7-14(17)16-8-9-20-13(10-16)15(18)19/h2-5,13H,6-10H2,1H3,(H,18,19)/t13-/m0/s1. The van der Waals surface area contributed by atoms with E-state index in [4.69, 9.17) is 9.84 Å². The van der Waals surface area contributed by atoms with Crippen molar-refractivity contribution < 1.29 is 19.4 Å². The second-order valence-corrected chi connectivity index (χ2v) is 4.96. The molecule has 5 heteroatoms. The number of benzene rings is 1.